The van der Waals surface area contributed by atoms with Gasteiger partial charge < -0.3 is 10.1 Å². The van der Waals surface area contributed by atoms with E-state index in [2.05, 4.69) is 15.3 Å². The third kappa shape index (κ3) is 3.16. The molecule has 2 aromatic heterocycles. The van der Waals surface area contributed by atoms with Crippen molar-refractivity contribution in [2.45, 2.75) is 18.9 Å². The molecule has 0 spiro atoms. The first kappa shape index (κ1) is 13.9. The molecule has 3 rings (SSSR count). The first-order valence-electron chi connectivity index (χ1n) is 6.85. The molecule has 0 unspecified atom stereocenters. The molecule has 0 aromatic carbocycles. The minimum Gasteiger partial charge on any atom is -0.381 e. The van der Waals surface area contributed by atoms with Crippen LogP contribution in [0.4, 0.5) is 14.6 Å². The number of nitrogens with one attached hydrogen (secondary N) is 1. The number of ether oxygens (including phenoxy) is 1. The molecule has 0 radical (unpaired) electrons. The average molecular weight is 291 g/mol. The summed E-state index contributed by atoms with van der Waals surface area (Å²) in [6.45, 7) is 1.32. The molecule has 0 bridgehead atoms. The van der Waals surface area contributed by atoms with Gasteiger partial charge in [-0.05, 0) is 30.5 Å². The average Bonchev–Trinajstić information content (AvgIpc) is 2.50. The van der Waals surface area contributed by atoms with Crippen LogP contribution in [0.1, 0.15) is 12.8 Å². The molecule has 0 amide bonds. The van der Waals surface area contributed by atoms with Crippen molar-refractivity contribution in [3.63, 3.8) is 0 Å². The Kier molecular flexibility index (Phi) is 4.06. The molecule has 110 valence electrons. The Morgan fingerprint density at radius 2 is 1.86 bits per heavy atom. The molecule has 0 aliphatic carbocycles. The Labute approximate surface area is 121 Å². The van der Waals surface area contributed by atoms with E-state index in [-0.39, 0.29) is 11.9 Å². The second-order valence-electron chi connectivity index (χ2n) is 4.92. The van der Waals surface area contributed by atoms with Crippen molar-refractivity contribution in [1.29, 1.82) is 0 Å². The highest BCUT2D eigenvalue weighted by Crippen LogP contribution is 2.27. The van der Waals surface area contributed by atoms with Gasteiger partial charge in [0, 0.05) is 43.3 Å². The van der Waals surface area contributed by atoms with E-state index in [1.807, 2.05) is 0 Å². The van der Waals surface area contributed by atoms with Crippen molar-refractivity contribution >= 4 is 5.82 Å². The monoisotopic (exact) mass is 291 g/mol. The summed E-state index contributed by atoms with van der Waals surface area (Å²) >= 11 is 0. The molecule has 1 fully saturated rings. The highest BCUT2D eigenvalue weighted by molar-refractivity contribution is 5.67. The Balaban J connectivity index is 1.87. The smallest absolute Gasteiger partial charge is 0.213 e. The molecular weight excluding hydrogens is 276 g/mol. The number of pyridine rings is 2. The zero-order valence-corrected chi connectivity index (χ0v) is 11.4. The van der Waals surface area contributed by atoms with Crippen LogP contribution in [0.15, 0.2) is 30.6 Å². The lowest BCUT2D eigenvalue weighted by molar-refractivity contribution is 0.0903. The summed E-state index contributed by atoms with van der Waals surface area (Å²) in [4.78, 5) is 7.52. The quantitative estimate of drug-likeness (QED) is 0.883. The highest BCUT2D eigenvalue weighted by atomic mass is 19.1. The molecule has 2 aromatic rings. The van der Waals surface area contributed by atoms with E-state index in [4.69, 9.17) is 4.74 Å². The van der Waals surface area contributed by atoms with Crippen LogP contribution in [0.25, 0.3) is 11.1 Å². The molecule has 0 atom stereocenters. The normalized spacial score (nSPS) is 15.9. The fraction of sp³-hybridized carbons (Fsp3) is 0.333. The van der Waals surface area contributed by atoms with E-state index in [0.717, 1.165) is 12.8 Å². The molecule has 1 saturated heterocycles. The van der Waals surface area contributed by atoms with Gasteiger partial charge in [0.05, 0.1) is 0 Å². The van der Waals surface area contributed by atoms with Gasteiger partial charge in [0.1, 0.15) is 0 Å². The van der Waals surface area contributed by atoms with Crippen molar-refractivity contribution < 1.29 is 13.5 Å². The van der Waals surface area contributed by atoms with Crippen LogP contribution in [0.2, 0.25) is 0 Å². The van der Waals surface area contributed by atoms with Crippen LogP contribution < -0.4 is 5.32 Å². The van der Waals surface area contributed by atoms with E-state index >= 15 is 0 Å². The third-order valence-corrected chi connectivity index (χ3v) is 3.49. The Hall–Kier alpha value is -2.08. The minimum absolute atomic E-state index is 0.144. The molecule has 6 heteroatoms. The molecular formula is C15H15F2N3O. The number of anilines is 1. The lowest BCUT2D eigenvalue weighted by Crippen LogP contribution is -2.28. The fourth-order valence-electron chi connectivity index (χ4n) is 2.37. The van der Waals surface area contributed by atoms with Gasteiger partial charge >= 0.3 is 0 Å². The Bertz CT molecular complexity index is 630. The summed E-state index contributed by atoms with van der Waals surface area (Å²) in [5.74, 6) is -0.922. The first-order chi connectivity index (χ1) is 10.2. The van der Waals surface area contributed by atoms with E-state index < -0.39 is 11.8 Å². The molecule has 3 heterocycles. The van der Waals surface area contributed by atoms with Crippen molar-refractivity contribution in [1.82, 2.24) is 9.97 Å². The summed E-state index contributed by atoms with van der Waals surface area (Å²) in [5.41, 5.74) is 0.748. The molecule has 0 saturated carbocycles. The van der Waals surface area contributed by atoms with Gasteiger partial charge in [-0.25, -0.2) is 14.4 Å². The van der Waals surface area contributed by atoms with Crippen molar-refractivity contribution in [3.05, 3.63) is 42.4 Å². The van der Waals surface area contributed by atoms with Gasteiger partial charge in [-0.1, -0.05) is 0 Å². The summed E-state index contributed by atoms with van der Waals surface area (Å²) in [6.07, 6.45) is 4.46. The molecule has 1 aliphatic rings. The van der Waals surface area contributed by atoms with Crippen LogP contribution in [0, 0.1) is 11.8 Å². The van der Waals surface area contributed by atoms with Crippen LogP contribution in [-0.4, -0.2) is 29.2 Å². The first-order valence-corrected chi connectivity index (χ1v) is 6.85. The number of rotatable bonds is 3. The summed E-state index contributed by atoms with van der Waals surface area (Å²) in [6, 6.07) is 4.44. The molecule has 4 nitrogen and oxygen atoms in total. The van der Waals surface area contributed by atoms with Crippen molar-refractivity contribution in [2.75, 3.05) is 18.5 Å². The summed E-state index contributed by atoms with van der Waals surface area (Å²) < 4.78 is 33.0. The number of hydrogen-bond acceptors (Lipinski definition) is 4. The zero-order chi connectivity index (χ0) is 14.7. The number of hydrogen-bond donors (Lipinski definition) is 1. The van der Waals surface area contributed by atoms with E-state index in [0.29, 0.717) is 24.3 Å². The van der Waals surface area contributed by atoms with E-state index in [9.17, 15) is 8.78 Å². The standard InChI is InChI=1S/C15H15F2N3O/c16-13-9-10(1-5-18-13)12-2-6-19-15(14(12)17)20-11-3-7-21-8-4-11/h1-2,5-6,9,11H,3-4,7-8H2,(H,19,20). The number of aromatic nitrogens is 2. The van der Waals surface area contributed by atoms with Crippen LogP contribution >= 0.6 is 0 Å². The van der Waals surface area contributed by atoms with Gasteiger partial charge in [0.2, 0.25) is 5.95 Å². The van der Waals surface area contributed by atoms with Gasteiger partial charge in [0.15, 0.2) is 11.6 Å². The van der Waals surface area contributed by atoms with Gasteiger partial charge in [-0.3, -0.25) is 0 Å². The zero-order valence-electron chi connectivity index (χ0n) is 11.4. The minimum atomic E-state index is -0.636. The predicted octanol–water partition coefficient (Wildman–Crippen LogP) is 3.01. The maximum atomic E-state index is 14.5. The van der Waals surface area contributed by atoms with Crippen molar-refractivity contribution in [3.8, 4) is 11.1 Å². The van der Waals surface area contributed by atoms with E-state index in [1.165, 1.54) is 24.5 Å². The van der Waals surface area contributed by atoms with Crippen LogP contribution in [0.3, 0.4) is 0 Å². The second kappa shape index (κ2) is 6.13. The number of halogens is 2. The molecule has 1 aliphatic heterocycles. The SMILES string of the molecule is Fc1cc(-c2ccnc(NC3CCOCC3)c2F)ccn1. The van der Waals surface area contributed by atoms with Crippen LogP contribution in [-0.2, 0) is 4.74 Å². The largest absolute Gasteiger partial charge is 0.381 e. The highest BCUT2D eigenvalue weighted by Gasteiger charge is 2.18. The Morgan fingerprint density at radius 3 is 2.62 bits per heavy atom. The molecule has 21 heavy (non-hydrogen) atoms. The maximum Gasteiger partial charge on any atom is 0.213 e. The summed E-state index contributed by atoms with van der Waals surface area (Å²) in [7, 11) is 0. The Morgan fingerprint density at radius 1 is 1.10 bits per heavy atom. The summed E-state index contributed by atoms with van der Waals surface area (Å²) in [5, 5.41) is 3.10. The lowest BCUT2D eigenvalue weighted by atomic mass is 10.1. The maximum absolute atomic E-state index is 14.5. The van der Waals surface area contributed by atoms with Crippen molar-refractivity contribution in [2.24, 2.45) is 0 Å². The predicted molar refractivity (Wildman–Crippen MR) is 74.8 cm³/mol. The van der Waals surface area contributed by atoms with Gasteiger partial charge in [0.25, 0.3) is 0 Å². The number of nitrogens with zero attached hydrogens (tertiary/aromatic N) is 2. The fourth-order valence-corrected chi connectivity index (χ4v) is 2.37. The van der Waals surface area contributed by atoms with Gasteiger partial charge in [-0.2, -0.15) is 4.39 Å². The second-order valence-corrected chi connectivity index (χ2v) is 4.92. The van der Waals surface area contributed by atoms with Crippen LogP contribution in [0.5, 0.6) is 0 Å². The third-order valence-electron chi connectivity index (χ3n) is 3.49. The topological polar surface area (TPSA) is 47.0 Å². The lowest BCUT2D eigenvalue weighted by Gasteiger charge is -2.24. The molecule has 1 N–H and O–H groups in total. The van der Waals surface area contributed by atoms with Gasteiger partial charge in [-0.15, -0.1) is 0 Å². The van der Waals surface area contributed by atoms with E-state index in [1.54, 1.807) is 6.07 Å².